The Labute approximate surface area is 317 Å². The number of hydrogen-bond acceptors (Lipinski definition) is 10. The highest BCUT2D eigenvalue weighted by Gasteiger charge is 2.55. The van der Waals surface area contributed by atoms with E-state index >= 15 is 0 Å². The molecule has 2 amide bonds. The number of halogens is 2. The number of nitriles is 2. The minimum atomic E-state index is -0.983. The number of carbonyl (C=O) groups excluding carboxylic acids is 2. The number of carboxylic acids is 2. The fourth-order valence-corrected chi connectivity index (χ4v) is 8.18. The van der Waals surface area contributed by atoms with Crippen molar-refractivity contribution in [3.05, 3.63) is 69.1 Å². The Morgan fingerprint density at radius 2 is 1.43 bits per heavy atom. The van der Waals surface area contributed by atoms with Gasteiger partial charge in [-0.3, -0.25) is 19.2 Å². The quantitative estimate of drug-likeness (QED) is 0.121. The Morgan fingerprint density at radius 1 is 0.868 bits per heavy atom. The molecule has 7 rings (SSSR count). The van der Waals surface area contributed by atoms with E-state index in [-0.39, 0.29) is 40.0 Å². The van der Waals surface area contributed by atoms with Crippen LogP contribution in [0.2, 0.25) is 5.02 Å². The molecule has 2 aromatic heterocycles. The Morgan fingerprint density at radius 3 is 2.00 bits per heavy atom. The van der Waals surface area contributed by atoms with Gasteiger partial charge >= 0.3 is 11.9 Å². The predicted octanol–water partition coefficient (Wildman–Crippen LogP) is 8.35. The lowest BCUT2D eigenvalue weighted by atomic mass is 9.53. The van der Waals surface area contributed by atoms with E-state index in [0.717, 1.165) is 28.2 Å². The number of thiazole rings is 2. The van der Waals surface area contributed by atoms with Crippen LogP contribution in [0.25, 0.3) is 22.5 Å². The molecule has 0 aliphatic heterocycles. The lowest BCUT2D eigenvalue weighted by Crippen LogP contribution is -2.50. The van der Waals surface area contributed by atoms with Crippen LogP contribution in [0.5, 0.6) is 0 Å². The second-order valence-electron chi connectivity index (χ2n) is 13.7. The SMILES string of the molecule is CC(C)(CCC(=O)O)C(=O)Nc1nc(-c2ccccc2F)c(C#N)s1.N#Cc1sc(NC(=O)C23CCC(C(=O)O)(CC2)CC3)nc1-c1cccc(Cl)c1. The summed E-state index contributed by atoms with van der Waals surface area (Å²) < 4.78 is 13.9. The number of anilines is 2. The van der Waals surface area contributed by atoms with Crippen molar-refractivity contribution in [2.24, 2.45) is 16.2 Å². The molecule has 53 heavy (non-hydrogen) atoms. The van der Waals surface area contributed by atoms with Gasteiger partial charge in [0.05, 0.1) is 5.41 Å². The molecule has 3 fully saturated rings. The Kier molecular flexibility index (Phi) is 11.6. The topological polar surface area (TPSA) is 206 Å². The molecule has 2 heterocycles. The number of aliphatic carboxylic acids is 2. The van der Waals surface area contributed by atoms with Crippen molar-refractivity contribution in [2.45, 2.75) is 65.2 Å². The Hall–Kier alpha value is -5.22. The van der Waals surface area contributed by atoms with Crippen molar-refractivity contribution in [2.75, 3.05) is 10.6 Å². The predicted molar refractivity (Wildman–Crippen MR) is 198 cm³/mol. The first-order chi connectivity index (χ1) is 25.1. The smallest absolute Gasteiger partial charge is 0.309 e. The lowest BCUT2D eigenvalue weighted by Gasteiger charge is -2.50. The Balaban J connectivity index is 0.000000206. The maximum Gasteiger partial charge on any atom is 0.309 e. The van der Waals surface area contributed by atoms with Gasteiger partial charge in [0.25, 0.3) is 0 Å². The molecule has 0 spiro atoms. The summed E-state index contributed by atoms with van der Waals surface area (Å²) in [5.41, 5.74) is -0.539. The molecule has 274 valence electrons. The molecule has 0 radical (unpaired) electrons. The van der Waals surface area contributed by atoms with Crippen molar-refractivity contribution in [1.29, 1.82) is 10.5 Å². The molecule has 3 aliphatic carbocycles. The van der Waals surface area contributed by atoms with Crippen molar-refractivity contribution in [3.63, 3.8) is 0 Å². The van der Waals surface area contributed by atoms with Gasteiger partial charge in [-0.25, -0.2) is 14.4 Å². The van der Waals surface area contributed by atoms with Crippen molar-refractivity contribution in [1.82, 2.24) is 9.97 Å². The van der Waals surface area contributed by atoms with Crippen molar-refractivity contribution in [3.8, 4) is 34.7 Å². The fourth-order valence-electron chi connectivity index (χ4n) is 6.44. The van der Waals surface area contributed by atoms with Crippen LogP contribution >= 0.6 is 34.3 Å². The molecule has 4 aromatic rings. The van der Waals surface area contributed by atoms with Crippen LogP contribution in [-0.4, -0.2) is 43.9 Å². The number of carbonyl (C=O) groups is 4. The summed E-state index contributed by atoms with van der Waals surface area (Å²) in [6, 6.07) is 17.1. The fraction of sp³-hybridized carbons (Fsp3) is 0.351. The number of carboxylic acid groups (broad SMARTS) is 2. The highest BCUT2D eigenvalue weighted by molar-refractivity contribution is 7.17. The molecule has 3 saturated carbocycles. The molecule has 12 nitrogen and oxygen atoms in total. The summed E-state index contributed by atoms with van der Waals surface area (Å²) >= 11 is 8.12. The van der Waals surface area contributed by atoms with E-state index in [1.54, 1.807) is 38.1 Å². The minimum absolute atomic E-state index is 0.123. The van der Waals surface area contributed by atoms with Gasteiger partial charge in [-0.15, -0.1) is 0 Å². The third-order valence-corrected chi connectivity index (χ3v) is 11.9. The van der Waals surface area contributed by atoms with E-state index in [2.05, 4.69) is 26.7 Å². The number of nitrogens with zero attached hydrogens (tertiary/aromatic N) is 4. The first-order valence-electron chi connectivity index (χ1n) is 16.5. The molecule has 2 aromatic carbocycles. The molecule has 0 unspecified atom stereocenters. The second kappa shape index (κ2) is 15.8. The zero-order valence-electron chi connectivity index (χ0n) is 28.7. The molecular formula is C37H34ClFN6O6S2. The number of rotatable bonds is 10. The lowest BCUT2D eigenvalue weighted by molar-refractivity contribution is -0.162. The average molecular weight is 777 g/mol. The molecular weight excluding hydrogens is 743 g/mol. The third-order valence-electron chi connectivity index (χ3n) is 9.89. The van der Waals surface area contributed by atoms with Crippen molar-refractivity contribution < 1.29 is 33.8 Å². The van der Waals surface area contributed by atoms with Gasteiger partial charge in [0.2, 0.25) is 11.8 Å². The van der Waals surface area contributed by atoms with Crippen LogP contribution in [0.3, 0.4) is 0 Å². The van der Waals surface area contributed by atoms with Gasteiger partial charge < -0.3 is 20.8 Å². The minimum Gasteiger partial charge on any atom is -0.481 e. The number of fused-ring (bicyclic) bond motifs is 3. The van der Waals surface area contributed by atoms with Gasteiger partial charge in [-0.1, -0.05) is 72.4 Å². The largest absolute Gasteiger partial charge is 0.481 e. The first-order valence-corrected chi connectivity index (χ1v) is 18.5. The van der Waals surface area contributed by atoms with Gasteiger partial charge in [0, 0.05) is 33.4 Å². The molecule has 3 aliphatic rings. The van der Waals surface area contributed by atoms with Gasteiger partial charge in [-0.05, 0) is 69.2 Å². The summed E-state index contributed by atoms with van der Waals surface area (Å²) in [6.07, 6.45) is 3.34. The molecule has 4 N–H and O–H groups in total. The maximum atomic E-state index is 13.9. The molecule has 0 saturated heterocycles. The van der Waals surface area contributed by atoms with Crippen LogP contribution < -0.4 is 10.6 Å². The van der Waals surface area contributed by atoms with Crippen LogP contribution in [0.15, 0.2) is 48.5 Å². The average Bonchev–Trinajstić information content (AvgIpc) is 3.75. The van der Waals surface area contributed by atoms with E-state index in [1.807, 2.05) is 12.1 Å². The Bertz CT molecular complexity index is 2150. The third kappa shape index (κ3) is 8.54. The van der Waals surface area contributed by atoms with E-state index in [4.69, 9.17) is 16.7 Å². The van der Waals surface area contributed by atoms with Crippen LogP contribution in [0.4, 0.5) is 14.7 Å². The summed E-state index contributed by atoms with van der Waals surface area (Å²) in [5, 5.41) is 43.5. The zero-order valence-corrected chi connectivity index (χ0v) is 31.1. The van der Waals surface area contributed by atoms with E-state index < -0.39 is 39.9 Å². The van der Waals surface area contributed by atoms with Gasteiger partial charge in [0.15, 0.2) is 10.3 Å². The number of aromatic nitrogens is 2. The highest BCUT2D eigenvalue weighted by Crippen LogP contribution is 2.57. The second-order valence-corrected chi connectivity index (χ2v) is 16.1. The number of nitrogens with one attached hydrogen (secondary N) is 2. The molecule has 16 heteroatoms. The first kappa shape index (κ1) is 39.0. The standard InChI is InChI=1S/C20H18ClN3O3S.C17H16FN3O3S/c21-13-3-1-2-12(10-13)15-14(11-22)28-18(23-15)24-16(25)19-4-7-20(8-5-19,9-6-19)17(26)27;1-17(2,8-7-13(22)23)15(24)21-16-20-14(12(9-19)25-16)10-5-3-4-6-11(10)18/h1-3,10H,4-9H2,(H,26,27)(H,23,24,25);3-6H,7-8H2,1-2H3,(H,22,23)(H,20,21,24). The zero-order chi connectivity index (χ0) is 38.6. The summed E-state index contributed by atoms with van der Waals surface area (Å²) in [7, 11) is 0. The van der Waals surface area contributed by atoms with E-state index in [1.165, 1.54) is 18.2 Å². The maximum absolute atomic E-state index is 13.9. The van der Waals surface area contributed by atoms with E-state index in [9.17, 15) is 39.2 Å². The van der Waals surface area contributed by atoms with Crippen LogP contribution in [0, 0.1) is 44.7 Å². The normalized spacial score (nSPS) is 18.8. The van der Waals surface area contributed by atoms with Gasteiger partial charge in [0.1, 0.15) is 39.1 Å². The molecule has 0 atom stereocenters. The van der Waals surface area contributed by atoms with Crippen LogP contribution in [0.1, 0.15) is 75.0 Å². The highest BCUT2D eigenvalue weighted by atomic mass is 35.5. The van der Waals surface area contributed by atoms with Crippen LogP contribution in [-0.2, 0) is 19.2 Å². The summed E-state index contributed by atoms with van der Waals surface area (Å²) in [5.74, 6) is -2.77. The number of benzene rings is 2. The number of hydrogen-bond donors (Lipinski definition) is 4. The monoisotopic (exact) mass is 776 g/mol. The summed E-state index contributed by atoms with van der Waals surface area (Å²) in [4.78, 5) is 56.9. The number of amides is 2. The van der Waals surface area contributed by atoms with E-state index in [0.29, 0.717) is 59.3 Å². The molecule has 2 bridgehead atoms. The van der Waals surface area contributed by atoms with Gasteiger partial charge in [-0.2, -0.15) is 10.5 Å². The summed E-state index contributed by atoms with van der Waals surface area (Å²) in [6.45, 7) is 3.25. The van der Waals surface area contributed by atoms with Crippen molar-refractivity contribution >= 4 is 68.3 Å².